The minimum absolute atomic E-state index is 0.0712. The van der Waals surface area contributed by atoms with Gasteiger partial charge in [-0.3, -0.25) is 4.79 Å². The summed E-state index contributed by atoms with van der Waals surface area (Å²) in [7, 11) is 1.53. The highest BCUT2D eigenvalue weighted by molar-refractivity contribution is 5.85. The summed E-state index contributed by atoms with van der Waals surface area (Å²) in [5.41, 5.74) is -0.145. The van der Waals surface area contributed by atoms with Crippen molar-refractivity contribution in [1.82, 2.24) is 10.6 Å². The molecule has 23 heavy (non-hydrogen) atoms. The van der Waals surface area contributed by atoms with Crippen LogP contribution < -0.4 is 15.4 Å². The first-order valence-corrected chi connectivity index (χ1v) is 7.58. The van der Waals surface area contributed by atoms with E-state index >= 15 is 0 Å². The standard InChI is InChI=1S/C16H22F2N2O3/c1-11(12-4-3-5-13(10-12)23-15(17)18)20-14(21)16(22-2)6-8-19-9-7-16/h3-5,10-11,15,19H,6-9H2,1-2H3,(H,20,21). The van der Waals surface area contributed by atoms with E-state index < -0.39 is 12.2 Å². The van der Waals surface area contributed by atoms with Crippen molar-refractivity contribution in [3.63, 3.8) is 0 Å². The van der Waals surface area contributed by atoms with Gasteiger partial charge in [-0.25, -0.2) is 0 Å². The van der Waals surface area contributed by atoms with Gasteiger partial charge in [-0.1, -0.05) is 12.1 Å². The molecule has 1 atom stereocenters. The lowest BCUT2D eigenvalue weighted by atomic mass is 9.90. The van der Waals surface area contributed by atoms with Gasteiger partial charge in [-0.2, -0.15) is 8.78 Å². The summed E-state index contributed by atoms with van der Waals surface area (Å²) in [6.07, 6.45) is 1.19. The minimum Gasteiger partial charge on any atom is -0.435 e. The lowest BCUT2D eigenvalue weighted by Gasteiger charge is -2.35. The zero-order valence-electron chi connectivity index (χ0n) is 13.3. The van der Waals surface area contributed by atoms with E-state index in [2.05, 4.69) is 15.4 Å². The predicted octanol–water partition coefficient (Wildman–Crippen LogP) is 2.23. The highest BCUT2D eigenvalue weighted by atomic mass is 19.3. The van der Waals surface area contributed by atoms with E-state index in [9.17, 15) is 13.6 Å². The number of alkyl halides is 2. The summed E-state index contributed by atoms with van der Waals surface area (Å²) in [6.45, 7) is 0.353. The van der Waals surface area contributed by atoms with Gasteiger partial charge >= 0.3 is 6.61 Å². The molecule has 1 aromatic rings. The van der Waals surface area contributed by atoms with Gasteiger partial charge < -0.3 is 20.1 Å². The molecule has 1 heterocycles. The maximum absolute atomic E-state index is 12.6. The predicted molar refractivity (Wildman–Crippen MR) is 81.5 cm³/mol. The Bertz CT molecular complexity index is 534. The van der Waals surface area contributed by atoms with E-state index in [1.807, 2.05) is 0 Å². The third kappa shape index (κ3) is 4.39. The number of hydrogen-bond donors (Lipinski definition) is 2. The molecule has 0 aliphatic carbocycles. The second kappa shape index (κ2) is 7.70. The molecule has 2 N–H and O–H groups in total. The molecule has 128 valence electrons. The van der Waals surface area contributed by atoms with Crippen LogP contribution in [-0.4, -0.2) is 38.3 Å². The zero-order valence-corrected chi connectivity index (χ0v) is 13.3. The van der Waals surface area contributed by atoms with Crippen molar-refractivity contribution in [3.8, 4) is 5.75 Å². The third-order valence-electron chi connectivity index (χ3n) is 4.15. The van der Waals surface area contributed by atoms with Crippen LogP contribution in [0.5, 0.6) is 5.75 Å². The second-order valence-corrected chi connectivity index (χ2v) is 5.59. The molecule has 0 aromatic heterocycles. The monoisotopic (exact) mass is 328 g/mol. The molecule has 1 amide bonds. The Morgan fingerprint density at radius 2 is 2.04 bits per heavy atom. The van der Waals surface area contributed by atoms with Gasteiger partial charge in [-0.15, -0.1) is 0 Å². The summed E-state index contributed by atoms with van der Waals surface area (Å²) in [6, 6.07) is 5.98. The Morgan fingerprint density at radius 3 is 2.65 bits per heavy atom. The molecule has 7 heteroatoms. The fourth-order valence-corrected chi connectivity index (χ4v) is 2.73. The molecule has 1 saturated heterocycles. The molecule has 0 spiro atoms. The molecule has 1 aliphatic heterocycles. The average molecular weight is 328 g/mol. The number of nitrogens with one attached hydrogen (secondary N) is 2. The second-order valence-electron chi connectivity index (χ2n) is 5.59. The molecule has 2 rings (SSSR count). The maximum atomic E-state index is 12.6. The molecule has 0 saturated carbocycles. The lowest BCUT2D eigenvalue weighted by Crippen LogP contribution is -2.54. The number of carbonyl (C=O) groups excluding carboxylic acids is 1. The summed E-state index contributed by atoms with van der Waals surface area (Å²) in [4.78, 5) is 12.6. The molecule has 1 fully saturated rings. The number of amides is 1. The number of carbonyl (C=O) groups is 1. The van der Waals surface area contributed by atoms with E-state index in [0.717, 1.165) is 0 Å². The lowest BCUT2D eigenvalue weighted by molar-refractivity contribution is -0.147. The molecular weight excluding hydrogens is 306 g/mol. The van der Waals surface area contributed by atoms with Gasteiger partial charge in [0.1, 0.15) is 11.4 Å². The van der Waals surface area contributed by atoms with Crippen LogP contribution in [0.1, 0.15) is 31.4 Å². The number of rotatable bonds is 6. The highest BCUT2D eigenvalue weighted by Crippen LogP contribution is 2.25. The van der Waals surface area contributed by atoms with Crippen molar-refractivity contribution in [2.24, 2.45) is 0 Å². The van der Waals surface area contributed by atoms with Gasteiger partial charge in [0.15, 0.2) is 0 Å². The number of hydrogen-bond acceptors (Lipinski definition) is 4. The fraction of sp³-hybridized carbons (Fsp3) is 0.562. The Kier molecular flexibility index (Phi) is 5.90. The summed E-state index contributed by atoms with van der Waals surface area (Å²) in [5, 5.41) is 6.10. The van der Waals surface area contributed by atoms with E-state index in [4.69, 9.17) is 4.74 Å². The Morgan fingerprint density at radius 1 is 1.35 bits per heavy atom. The van der Waals surface area contributed by atoms with Gasteiger partial charge in [0.2, 0.25) is 0 Å². The van der Waals surface area contributed by atoms with Crippen LogP contribution in [0, 0.1) is 0 Å². The van der Waals surface area contributed by atoms with Gasteiger partial charge in [0.05, 0.1) is 6.04 Å². The molecule has 5 nitrogen and oxygen atoms in total. The van der Waals surface area contributed by atoms with Crippen LogP contribution in [0.3, 0.4) is 0 Å². The van der Waals surface area contributed by atoms with Crippen LogP contribution in [0.4, 0.5) is 8.78 Å². The zero-order chi connectivity index (χ0) is 16.9. The third-order valence-corrected chi connectivity index (χ3v) is 4.15. The minimum atomic E-state index is -2.87. The quantitative estimate of drug-likeness (QED) is 0.841. The van der Waals surface area contributed by atoms with E-state index in [1.165, 1.54) is 19.2 Å². The fourth-order valence-electron chi connectivity index (χ4n) is 2.73. The topological polar surface area (TPSA) is 59.6 Å². The summed E-state index contributed by atoms with van der Waals surface area (Å²) >= 11 is 0. The molecule has 1 aromatic carbocycles. The molecular formula is C16H22F2N2O3. The SMILES string of the molecule is COC1(C(=O)NC(C)c2cccc(OC(F)F)c2)CCNCC1. The van der Waals surface area contributed by atoms with Crippen molar-refractivity contribution in [1.29, 1.82) is 0 Å². The molecule has 0 radical (unpaired) electrons. The largest absolute Gasteiger partial charge is 0.435 e. The number of halogens is 2. The summed E-state index contributed by atoms with van der Waals surface area (Å²) < 4.78 is 34.4. The van der Waals surface area contributed by atoms with Gasteiger partial charge in [0.25, 0.3) is 5.91 Å². The van der Waals surface area contributed by atoms with Crippen molar-refractivity contribution in [2.45, 2.75) is 38.0 Å². The van der Waals surface area contributed by atoms with E-state index in [0.29, 0.717) is 31.5 Å². The molecule has 1 unspecified atom stereocenters. The van der Waals surface area contributed by atoms with Crippen LogP contribution in [0.25, 0.3) is 0 Å². The highest BCUT2D eigenvalue weighted by Gasteiger charge is 2.40. The molecule has 0 bridgehead atoms. The first-order chi connectivity index (χ1) is 11.0. The number of methoxy groups -OCH3 is 1. The van der Waals surface area contributed by atoms with Crippen molar-refractivity contribution in [2.75, 3.05) is 20.2 Å². The number of ether oxygens (including phenoxy) is 2. The van der Waals surface area contributed by atoms with Crippen LogP contribution in [0.2, 0.25) is 0 Å². The smallest absolute Gasteiger partial charge is 0.387 e. The normalized spacial score (nSPS) is 18.5. The average Bonchev–Trinajstić information content (AvgIpc) is 2.55. The Hall–Kier alpha value is -1.73. The van der Waals surface area contributed by atoms with Gasteiger partial charge in [0, 0.05) is 7.11 Å². The van der Waals surface area contributed by atoms with Crippen molar-refractivity contribution < 1.29 is 23.0 Å². The maximum Gasteiger partial charge on any atom is 0.387 e. The van der Waals surface area contributed by atoms with Crippen LogP contribution >= 0.6 is 0 Å². The Labute approximate surface area is 134 Å². The number of benzene rings is 1. The van der Waals surface area contributed by atoms with Crippen LogP contribution in [-0.2, 0) is 9.53 Å². The first kappa shape index (κ1) is 17.6. The van der Waals surface area contributed by atoms with Gasteiger partial charge in [-0.05, 0) is 50.6 Å². The Balaban J connectivity index is 2.05. The van der Waals surface area contributed by atoms with E-state index in [-0.39, 0.29) is 17.7 Å². The van der Waals surface area contributed by atoms with Crippen molar-refractivity contribution in [3.05, 3.63) is 29.8 Å². The van der Waals surface area contributed by atoms with E-state index in [1.54, 1.807) is 19.1 Å². The molecule has 1 aliphatic rings. The van der Waals surface area contributed by atoms with Crippen LogP contribution in [0.15, 0.2) is 24.3 Å². The summed E-state index contributed by atoms with van der Waals surface area (Å²) in [5.74, 6) is -0.115. The van der Waals surface area contributed by atoms with Crippen molar-refractivity contribution >= 4 is 5.91 Å². The first-order valence-electron chi connectivity index (χ1n) is 7.58. The number of piperidine rings is 1.